The molecule has 0 bridgehead atoms. The Bertz CT molecular complexity index is 630. The van der Waals surface area contributed by atoms with Crippen LogP contribution in [-0.4, -0.2) is 22.5 Å². The summed E-state index contributed by atoms with van der Waals surface area (Å²) >= 11 is 11.5. The number of hydrogen-bond donors (Lipinski definition) is 1. The third-order valence-corrected chi connectivity index (χ3v) is 2.96. The van der Waals surface area contributed by atoms with Crippen molar-refractivity contribution in [1.29, 1.82) is 0 Å². The number of hydrogen-bond acceptors (Lipinski definition) is 4. The van der Waals surface area contributed by atoms with Crippen LogP contribution in [0.2, 0.25) is 10.3 Å². The van der Waals surface area contributed by atoms with E-state index >= 15 is 0 Å². The van der Waals surface area contributed by atoms with E-state index in [4.69, 9.17) is 27.9 Å². The minimum atomic E-state index is -0.282. The molecule has 5 nitrogen and oxygen atoms in total. The van der Waals surface area contributed by atoms with Crippen molar-refractivity contribution in [2.45, 2.75) is 13.5 Å². The number of amides is 1. The molecular weight excluding hydrogens is 313 g/mol. The number of nitrogens with zero attached hydrogens (tertiary/aromatic N) is 2. The molecule has 0 aliphatic rings. The molecule has 110 valence electrons. The van der Waals surface area contributed by atoms with E-state index < -0.39 is 0 Å². The van der Waals surface area contributed by atoms with Gasteiger partial charge in [0.1, 0.15) is 10.3 Å². The van der Waals surface area contributed by atoms with E-state index in [1.807, 2.05) is 6.92 Å². The first-order valence-corrected chi connectivity index (χ1v) is 7.03. The Hall–Kier alpha value is -1.85. The number of nitrogens with one attached hydrogen (secondary N) is 1. The van der Waals surface area contributed by atoms with E-state index in [9.17, 15) is 4.79 Å². The Labute approximate surface area is 132 Å². The molecule has 0 radical (unpaired) electrons. The van der Waals surface area contributed by atoms with E-state index in [2.05, 4.69) is 15.3 Å². The van der Waals surface area contributed by atoms with Crippen molar-refractivity contribution >= 4 is 29.1 Å². The second-order valence-corrected chi connectivity index (χ2v) is 4.89. The lowest BCUT2D eigenvalue weighted by atomic mass is 10.2. The Kier molecular flexibility index (Phi) is 5.36. The number of halogens is 2. The summed E-state index contributed by atoms with van der Waals surface area (Å²) in [4.78, 5) is 19.9. The summed E-state index contributed by atoms with van der Waals surface area (Å²) in [6, 6.07) is 6.49. The van der Waals surface area contributed by atoms with Gasteiger partial charge in [0.15, 0.2) is 0 Å². The molecule has 0 saturated carbocycles. The molecule has 2 rings (SSSR count). The fraction of sp³-hybridized carbons (Fsp3) is 0.214. The van der Waals surface area contributed by atoms with E-state index in [0.717, 1.165) is 5.56 Å². The summed E-state index contributed by atoms with van der Waals surface area (Å²) in [6.45, 7) is 2.77. The Balaban J connectivity index is 2.02. The molecule has 2 heterocycles. The van der Waals surface area contributed by atoms with Crippen LogP contribution in [0.3, 0.4) is 0 Å². The quantitative estimate of drug-likeness (QED) is 0.858. The molecule has 0 aliphatic carbocycles. The lowest BCUT2D eigenvalue weighted by Gasteiger charge is -2.07. The van der Waals surface area contributed by atoms with Crippen LogP contribution in [0.5, 0.6) is 5.88 Å². The van der Waals surface area contributed by atoms with Gasteiger partial charge in [0.05, 0.1) is 6.61 Å². The standard InChI is InChI=1S/C14H13Cl2N3O2/c1-2-21-13-5-9(3-4-17-13)8-18-14(20)10-6-11(15)19-12(16)7-10/h3-7H,2,8H2,1H3,(H,18,20). The largest absolute Gasteiger partial charge is 0.478 e. The van der Waals surface area contributed by atoms with Gasteiger partial charge in [0.2, 0.25) is 5.88 Å². The second-order valence-electron chi connectivity index (χ2n) is 4.12. The topological polar surface area (TPSA) is 64.1 Å². The monoisotopic (exact) mass is 325 g/mol. The minimum Gasteiger partial charge on any atom is -0.478 e. The van der Waals surface area contributed by atoms with Crippen molar-refractivity contribution < 1.29 is 9.53 Å². The van der Waals surface area contributed by atoms with Gasteiger partial charge in [-0.3, -0.25) is 4.79 Å². The first-order valence-electron chi connectivity index (χ1n) is 6.27. The van der Waals surface area contributed by atoms with Crippen LogP contribution in [0.1, 0.15) is 22.8 Å². The molecule has 1 N–H and O–H groups in total. The number of carbonyl (C=O) groups is 1. The fourth-order valence-corrected chi connectivity index (χ4v) is 2.13. The SMILES string of the molecule is CCOc1cc(CNC(=O)c2cc(Cl)nc(Cl)c2)ccn1. The number of aromatic nitrogens is 2. The summed E-state index contributed by atoms with van der Waals surface area (Å²) in [6.07, 6.45) is 1.63. The number of rotatable bonds is 5. The maximum absolute atomic E-state index is 12.0. The third-order valence-electron chi connectivity index (χ3n) is 2.57. The highest BCUT2D eigenvalue weighted by Gasteiger charge is 2.09. The van der Waals surface area contributed by atoms with Crippen molar-refractivity contribution in [2.24, 2.45) is 0 Å². The maximum atomic E-state index is 12.0. The van der Waals surface area contributed by atoms with Gasteiger partial charge in [0.25, 0.3) is 5.91 Å². The van der Waals surface area contributed by atoms with E-state index in [-0.39, 0.29) is 16.2 Å². The lowest BCUT2D eigenvalue weighted by Crippen LogP contribution is -2.23. The number of ether oxygens (including phenoxy) is 1. The van der Waals surface area contributed by atoms with Gasteiger partial charge in [-0.05, 0) is 30.7 Å². The van der Waals surface area contributed by atoms with Crippen LogP contribution in [0.25, 0.3) is 0 Å². The highest BCUT2D eigenvalue weighted by Crippen LogP contribution is 2.15. The molecule has 0 aliphatic heterocycles. The second kappa shape index (κ2) is 7.24. The molecule has 0 unspecified atom stereocenters. The molecular formula is C14H13Cl2N3O2. The van der Waals surface area contributed by atoms with E-state index in [0.29, 0.717) is 24.6 Å². The Morgan fingerprint density at radius 3 is 2.67 bits per heavy atom. The van der Waals surface area contributed by atoms with Crippen LogP contribution < -0.4 is 10.1 Å². The molecule has 2 aromatic rings. The van der Waals surface area contributed by atoms with Crippen molar-refractivity contribution in [3.05, 3.63) is 51.9 Å². The Morgan fingerprint density at radius 1 is 1.29 bits per heavy atom. The molecule has 0 saturated heterocycles. The van der Waals surface area contributed by atoms with E-state index in [1.54, 1.807) is 18.3 Å². The third kappa shape index (κ3) is 4.58. The zero-order valence-electron chi connectivity index (χ0n) is 11.3. The van der Waals surface area contributed by atoms with Crippen molar-refractivity contribution in [1.82, 2.24) is 15.3 Å². The molecule has 7 heteroatoms. The molecule has 0 aromatic carbocycles. The van der Waals surface area contributed by atoms with Gasteiger partial charge in [-0.25, -0.2) is 9.97 Å². The van der Waals surface area contributed by atoms with Crippen molar-refractivity contribution in [2.75, 3.05) is 6.61 Å². The van der Waals surface area contributed by atoms with Gasteiger partial charge in [0, 0.05) is 24.4 Å². The summed E-state index contributed by atoms with van der Waals surface area (Å²) in [5.41, 5.74) is 1.24. The lowest BCUT2D eigenvalue weighted by molar-refractivity contribution is 0.0950. The summed E-state index contributed by atoms with van der Waals surface area (Å²) in [5.74, 6) is 0.246. The minimum absolute atomic E-state index is 0.176. The summed E-state index contributed by atoms with van der Waals surface area (Å²) < 4.78 is 5.30. The predicted octanol–water partition coefficient (Wildman–Crippen LogP) is 3.11. The van der Waals surface area contributed by atoms with Crippen LogP contribution in [0.4, 0.5) is 0 Å². The van der Waals surface area contributed by atoms with Gasteiger partial charge < -0.3 is 10.1 Å². The van der Waals surface area contributed by atoms with Crippen LogP contribution in [0.15, 0.2) is 30.5 Å². The van der Waals surface area contributed by atoms with Gasteiger partial charge in [-0.1, -0.05) is 23.2 Å². The fourth-order valence-electron chi connectivity index (χ4n) is 1.67. The van der Waals surface area contributed by atoms with Gasteiger partial charge in [-0.15, -0.1) is 0 Å². The van der Waals surface area contributed by atoms with Crippen LogP contribution in [-0.2, 0) is 6.54 Å². The molecule has 0 atom stereocenters. The first kappa shape index (κ1) is 15.5. The zero-order chi connectivity index (χ0) is 15.2. The first-order chi connectivity index (χ1) is 10.1. The highest BCUT2D eigenvalue weighted by molar-refractivity contribution is 6.33. The zero-order valence-corrected chi connectivity index (χ0v) is 12.8. The molecule has 1 amide bonds. The number of pyridine rings is 2. The molecule has 0 fully saturated rings. The smallest absolute Gasteiger partial charge is 0.251 e. The number of carbonyl (C=O) groups excluding carboxylic acids is 1. The van der Waals surface area contributed by atoms with Crippen LogP contribution >= 0.6 is 23.2 Å². The van der Waals surface area contributed by atoms with Crippen molar-refractivity contribution in [3.63, 3.8) is 0 Å². The van der Waals surface area contributed by atoms with Gasteiger partial charge >= 0.3 is 0 Å². The highest BCUT2D eigenvalue weighted by atomic mass is 35.5. The molecule has 2 aromatic heterocycles. The van der Waals surface area contributed by atoms with Crippen molar-refractivity contribution in [3.8, 4) is 5.88 Å². The normalized spacial score (nSPS) is 10.2. The van der Waals surface area contributed by atoms with E-state index in [1.165, 1.54) is 12.1 Å². The average Bonchev–Trinajstić information content (AvgIpc) is 2.44. The Morgan fingerprint density at radius 2 is 2.00 bits per heavy atom. The average molecular weight is 326 g/mol. The molecule has 0 spiro atoms. The van der Waals surface area contributed by atoms with Gasteiger partial charge in [-0.2, -0.15) is 0 Å². The maximum Gasteiger partial charge on any atom is 0.251 e. The summed E-state index contributed by atoms with van der Waals surface area (Å²) in [7, 11) is 0. The van der Waals surface area contributed by atoms with Crippen LogP contribution in [0, 0.1) is 0 Å². The summed E-state index contributed by atoms with van der Waals surface area (Å²) in [5, 5.41) is 3.12. The molecule has 21 heavy (non-hydrogen) atoms. The predicted molar refractivity (Wildman–Crippen MR) is 80.8 cm³/mol.